The van der Waals surface area contributed by atoms with E-state index in [4.69, 9.17) is 11.6 Å². The standard InChI is InChI=1S/C16H17ClFN/c1-12-3-2-4-13(9-12)7-8-19-11-14-10-15(18)5-6-16(14)17/h2-6,9-10,19H,7-8,11H2,1H3. The maximum Gasteiger partial charge on any atom is 0.123 e. The summed E-state index contributed by atoms with van der Waals surface area (Å²) in [6, 6.07) is 12.9. The molecule has 0 aliphatic carbocycles. The van der Waals surface area contributed by atoms with Crippen LogP contribution in [0.2, 0.25) is 5.02 Å². The van der Waals surface area contributed by atoms with Crippen LogP contribution in [0.25, 0.3) is 0 Å². The second kappa shape index (κ2) is 6.69. The highest BCUT2D eigenvalue weighted by Crippen LogP contribution is 2.16. The first-order valence-corrected chi connectivity index (χ1v) is 6.73. The van der Waals surface area contributed by atoms with Gasteiger partial charge < -0.3 is 5.32 Å². The van der Waals surface area contributed by atoms with E-state index in [2.05, 4.69) is 36.5 Å². The minimum absolute atomic E-state index is 0.250. The lowest BCUT2D eigenvalue weighted by Gasteiger charge is -2.07. The van der Waals surface area contributed by atoms with Crippen LogP contribution < -0.4 is 5.32 Å². The number of rotatable bonds is 5. The van der Waals surface area contributed by atoms with Gasteiger partial charge in [0.25, 0.3) is 0 Å². The summed E-state index contributed by atoms with van der Waals surface area (Å²) in [4.78, 5) is 0. The van der Waals surface area contributed by atoms with Gasteiger partial charge in [-0.3, -0.25) is 0 Å². The third kappa shape index (κ3) is 4.34. The van der Waals surface area contributed by atoms with Crippen molar-refractivity contribution in [2.75, 3.05) is 6.54 Å². The van der Waals surface area contributed by atoms with Gasteiger partial charge in [0, 0.05) is 11.6 Å². The molecule has 0 heterocycles. The van der Waals surface area contributed by atoms with Gasteiger partial charge >= 0.3 is 0 Å². The van der Waals surface area contributed by atoms with E-state index in [1.54, 1.807) is 6.07 Å². The highest BCUT2D eigenvalue weighted by molar-refractivity contribution is 6.31. The predicted molar refractivity (Wildman–Crippen MR) is 78.0 cm³/mol. The Balaban J connectivity index is 1.82. The molecule has 0 atom stereocenters. The molecule has 0 radical (unpaired) electrons. The van der Waals surface area contributed by atoms with Crippen molar-refractivity contribution in [3.63, 3.8) is 0 Å². The van der Waals surface area contributed by atoms with Crippen LogP contribution in [0.4, 0.5) is 4.39 Å². The number of nitrogens with one attached hydrogen (secondary N) is 1. The first kappa shape index (κ1) is 14.0. The largest absolute Gasteiger partial charge is 0.312 e. The fourth-order valence-electron chi connectivity index (χ4n) is 2.00. The summed E-state index contributed by atoms with van der Waals surface area (Å²) in [6.07, 6.45) is 0.953. The molecule has 0 saturated heterocycles. The Kier molecular flexibility index (Phi) is 4.94. The van der Waals surface area contributed by atoms with Crippen molar-refractivity contribution in [3.05, 3.63) is 70.0 Å². The molecule has 1 nitrogen and oxygen atoms in total. The van der Waals surface area contributed by atoms with Gasteiger partial charge in [0.15, 0.2) is 0 Å². The van der Waals surface area contributed by atoms with E-state index in [1.807, 2.05) is 0 Å². The van der Waals surface area contributed by atoms with Crippen molar-refractivity contribution >= 4 is 11.6 Å². The minimum Gasteiger partial charge on any atom is -0.312 e. The lowest BCUT2D eigenvalue weighted by Crippen LogP contribution is -2.17. The van der Waals surface area contributed by atoms with Gasteiger partial charge in [-0.15, -0.1) is 0 Å². The Morgan fingerprint density at radius 1 is 1.16 bits per heavy atom. The topological polar surface area (TPSA) is 12.0 Å². The Labute approximate surface area is 118 Å². The van der Waals surface area contributed by atoms with Crippen molar-refractivity contribution < 1.29 is 4.39 Å². The van der Waals surface area contributed by atoms with Gasteiger partial charge in [0.1, 0.15) is 5.82 Å². The van der Waals surface area contributed by atoms with Crippen LogP contribution in [0.3, 0.4) is 0 Å². The normalized spacial score (nSPS) is 10.7. The van der Waals surface area contributed by atoms with E-state index in [0.29, 0.717) is 11.6 Å². The van der Waals surface area contributed by atoms with E-state index in [1.165, 1.54) is 23.3 Å². The summed E-state index contributed by atoms with van der Waals surface area (Å²) in [5, 5.41) is 3.89. The fourth-order valence-corrected chi connectivity index (χ4v) is 2.19. The summed E-state index contributed by atoms with van der Waals surface area (Å²) in [7, 11) is 0. The summed E-state index contributed by atoms with van der Waals surface area (Å²) >= 11 is 6.01. The molecule has 0 spiro atoms. The van der Waals surface area contributed by atoms with E-state index in [0.717, 1.165) is 18.5 Å². The lowest BCUT2D eigenvalue weighted by molar-refractivity contribution is 0.620. The van der Waals surface area contributed by atoms with Crippen molar-refractivity contribution in [1.29, 1.82) is 0 Å². The van der Waals surface area contributed by atoms with Crippen molar-refractivity contribution in [2.24, 2.45) is 0 Å². The van der Waals surface area contributed by atoms with Crippen molar-refractivity contribution in [2.45, 2.75) is 19.9 Å². The third-order valence-electron chi connectivity index (χ3n) is 3.00. The van der Waals surface area contributed by atoms with Crippen LogP contribution in [-0.2, 0) is 13.0 Å². The summed E-state index contributed by atoms with van der Waals surface area (Å²) in [6.45, 7) is 3.52. The van der Waals surface area contributed by atoms with Crippen LogP contribution in [0, 0.1) is 12.7 Å². The summed E-state index contributed by atoms with van der Waals surface area (Å²) in [5.74, 6) is -0.250. The number of hydrogen-bond acceptors (Lipinski definition) is 1. The highest BCUT2D eigenvalue weighted by atomic mass is 35.5. The monoisotopic (exact) mass is 277 g/mol. The van der Waals surface area contributed by atoms with E-state index >= 15 is 0 Å². The molecule has 0 amide bonds. The van der Waals surface area contributed by atoms with Crippen LogP contribution in [0.15, 0.2) is 42.5 Å². The highest BCUT2D eigenvalue weighted by Gasteiger charge is 2.01. The van der Waals surface area contributed by atoms with Gasteiger partial charge in [-0.05, 0) is 49.2 Å². The quantitative estimate of drug-likeness (QED) is 0.811. The molecule has 2 aromatic rings. The average molecular weight is 278 g/mol. The van der Waals surface area contributed by atoms with Crippen LogP contribution in [0.5, 0.6) is 0 Å². The molecular weight excluding hydrogens is 261 g/mol. The second-order valence-electron chi connectivity index (χ2n) is 4.65. The Morgan fingerprint density at radius 2 is 2.00 bits per heavy atom. The summed E-state index contributed by atoms with van der Waals surface area (Å²) in [5.41, 5.74) is 3.37. The number of hydrogen-bond donors (Lipinski definition) is 1. The molecule has 0 unspecified atom stereocenters. The Hall–Kier alpha value is -1.38. The Bertz CT molecular complexity index is 554. The second-order valence-corrected chi connectivity index (χ2v) is 5.06. The predicted octanol–water partition coefficient (Wildman–Crippen LogP) is 4.12. The van der Waals surface area contributed by atoms with Crippen LogP contribution in [-0.4, -0.2) is 6.54 Å². The molecule has 2 aromatic carbocycles. The minimum atomic E-state index is -0.250. The van der Waals surface area contributed by atoms with E-state index in [9.17, 15) is 4.39 Å². The molecular formula is C16H17ClFN. The first-order chi connectivity index (χ1) is 9.15. The molecule has 3 heteroatoms. The fraction of sp³-hybridized carbons (Fsp3) is 0.250. The molecule has 19 heavy (non-hydrogen) atoms. The van der Waals surface area contributed by atoms with Gasteiger partial charge in [0.2, 0.25) is 0 Å². The molecule has 2 rings (SSSR count). The molecule has 0 bridgehead atoms. The molecule has 0 aromatic heterocycles. The van der Waals surface area contributed by atoms with Crippen molar-refractivity contribution in [1.82, 2.24) is 5.32 Å². The SMILES string of the molecule is Cc1cccc(CCNCc2cc(F)ccc2Cl)c1. The zero-order valence-corrected chi connectivity index (χ0v) is 11.7. The molecule has 0 saturated carbocycles. The van der Waals surface area contributed by atoms with Gasteiger partial charge in [-0.25, -0.2) is 4.39 Å². The van der Waals surface area contributed by atoms with E-state index in [-0.39, 0.29) is 5.82 Å². The van der Waals surface area contributed by atoms with E-state index < -0.39 is 0 Å². The average Bonchev–Trinajstić information content (AvgIpc) is 2.39. The number of halogens is 2. The number of aryl methyl sites for hydroxylation is 1. The zero-order valence-electron chi connectivity index (χ0n) is 10.9. The molecule has 100 valence electrons. The zero-order chi connectivity index (χ0) is 13.7. The maximum atomic E-state index is 13.1. The molecule has 1 N–H and O–H groups in total. The van der Waals surface area contributed by atoms with Crippen molar-refractivity contribution in [3.8, 4) is 0 Å². The molecule has 0 aliphatic heterocycles. The molecule has 0 aliphatic rings. The van der Waals surface area contributed by atoms with Gasteiger partial charge in [0.05, 0.1) is 0 Å². The van der Waals surface area contributed by atoms with Crippen LogP contribution in [0.1, 0.15) is 16.7 Å². The van der Waals surface area contributed by atoms with Gasteiger partial charge in [-0.2, -0.15) is 0 Å². The smallest absolute Gasteiger partial charge is 0.123 e. The number of benzene rings is 2. The maximum absolute atomic E-state index is 13.1. The van der Waals surface area contributed by atoms with Crippen LogP contribution >= 0.6 is 11.6 Å². The Morgan fingerprint density at radius 3 is 2.79 bits per heavy atom. The third-order valence-corrected chi connectivity index (χ3v) is 3.36. The summed E-state index contributed by atoms with van der Waals surface area (Å²) < 4.78 is 13.1. The first-order valence-electron chi connectivity index (χ1n) is 6.35. The lowest BCUT2D eigenvalue weighted by atomic mass is 10.1. The van der Waals surface area contributed by atoms with Gasteiger partial charge in [-0.1, -0.05) is 41.4 Å². The molecule has 0 fully saturated rings.